The van der Waals surface area contributed by atoms with Crippen molar-refractivity contribution in [1.29, 1.82) is 0 Å². The standard InChI is InChI=1S/C22H32N2O2S/c1-22(2,3)26-21(25)24-17-9-6-16(12-17)20(24)19(23)15-7-10-18(11-8-15)27-13-14-4-5-14/h7-8,10-11,14,16-17,19-20H,4-6,9,12-13,23H2,1-3H3. The molecule has 1 heterocycles. The number of fused-ring (bicyclic) bond motifs is 2. The Morgan fingerprint density at radius 1 is 1.22 bits per heavy atom. The summed E-state index contributed by atoms with van der Waals surface area (Å²) in [5.74, 6) is 2.64. The molecule has 1 saturated heterocycles. The Hall–Kier alpha value is -1.20. The van der Waals surface area contributed by atoms with E-state index in [2.05, 4.69) is 24.3 Å². The topological polar surface area (TPSA) is 55.6 Å². The number of nitrogens with zero attached hydrogens (tertiary/aromatic N) is 1. The van der Waals surface area contributed by atoms with E-state index in [1.165, 1.54) is 23.5 Å². The first-order valence-corrected chi connectivity index (χ1v) is 11.3. The molecule has 2 bridgehead atoms. The summed E-state index contributed by atoms with van der Waals surface area (Å²) < 4.78 is 5.70. The Morgan fingerprint density at radius 2 is 1.93 bits per heavy atom. The van der Waals surface area contributed by atoms with Gasteiger partial charge in [0.2, 0.25) is 0 Å². The van der Waals surface area contributed by atoms with Crippen LogP contribution in [-0.2, 0) is 4.74 Å². The highest BCUT2D eigenvalue weighted by molar-refractivity contribution is 7.99. The number of likely N-dealkylation sites (tertiary alicyclic amines) is 1. The fourth-order valence-electron chi connectivity index (χ4n) is 4.56. The molecular weight excluding hydrogens is 356 g/mol. The number of nitrogens with two attached hydrogens (primary N) is 1. The van der Waals surface area contributed by atoms with Gasteiger partial charge in [-0.1, -0.05) is 12.1 Å². The van der Waals surface area contributed by atoms with Gasteiger partial charge in [0.1, 0.15) is 5.60 Å². The number of thioether (sulfide) groups is 1. The minimum Gasteiger partial charge on any atom is -0.444 e. The lowest BCUT2D eigenvalue weighted by Crippen LogP contribution is -2.51. The van der Waals surface area contributed by atoms with Gasteiger partial charge in [-0.2, -0.15) is 0 Å². The van der Waals surface area contributed by atoms with Crippen molar-refractivity contribution < 1.29 is 9.53 Å². The molecule has 2 aliphatic carbocycles. The first-order chi connectivity index (χ1) is 12.8. The van der Waals surface area contributed by atoms with Gasteiger partial charge in [0.05, 0.1) is 12.1 Å². The van der Waals surface area contributed by atoms with Crippen LogP contribution in [0.1, 0.15) is 64.5 Å². The minimum absolute atomic E-state index is 0.0450. The van der Waals surface area contributed by atoms with E-state index in [0.29, 0.717) is 5.92 Å². The van der Waals surface area contributed by atoms with Crippen LogP contribution in [0, 0.1) is 11.8 Å². The maximum Gasteiger partial charge on any atom is 0.410 e. The maximum absolute atomic E-state index is 12.9. The van der Waals surface area contributed by atoms with E-state index in [0.717, 1.165) is 30.7 Å². The fourth-order valence-corrected chi connectivity index (χ4v) is 5.65. The van der Waals surface area contributed by atoms with Crippen LogP contribution in [0.3, 0.4) is 0 Å². The summed E-state index contributed by atoms with van der Waals surface area (Å²) in [5, 5.41) is 0. The van der Waals surface area contributed by atoms with Crippen LogP contribution >= 0.6 is 11.8 Å². The molecule has 1 aromatic rings. The van der Waals surface area contributed by atoms with Gasteiger partial charge in [-0.15, -0.1) is 11.8 Å². The van der Waals surface area contributed by atoms with Gasteiger partial charge in [0.25, 0.3) is 0 Å². The molecular formula is C22H32N2O2S. The largest absolute Gasteiger partial charge is 0.444 e. The lowest BCUT2D eigenvalue weighted by molar-refractivity contribution is 0.00416. The number of ether oxygens (including phenoxy) is 1. The highest BCUT2D eigenvalue weighted by Crippen LogP contribution is 2.47. The van der Waals surface area contributed by atoms with Crippen LogP contribution in [0.2, 0.25) is 0 Å². The third kappa shape index (κ3) is 4.29. The Morgan fingerprint density at radius 3 is 2.56 bits per heavy atom. The van der Waals surface area contributed by atoms with E-state index in [1.807, 2.05) is 37.4 Å². The number of carbonyl (C=O) groups is 1. The SMILES string of the molecule is CC(C)(C)OC(=O)N1C2CCC(C2)C1C(N)c1ccc(SCC2CC2)cc1. The first-order valence-electron chi connectivity index (χ1n) is 10.3. The quantitative estimate of drug-likeness (QED) is 0.723. The van der Waals surface area contributed by atoms with Gasteiger partial charge in [-0.05, 0) is 82.4 Å². The van der Waals surface area contributed by atoms with Crippen molar-refractivity contribution in [3.05, 3.63) is 29.8 Å². The minimum atomic E-state index is -0.478. The molecule has 1 aromatic carbocycles. The van der Waals surface area contributed by atoms with E-state index < -0.39 is 5.60 Å². The number of rotatable bonds is 5. The van der Waals surface area contributed by atoms with Crippen LogP contribution < -0.4 is 5.73 Å². The van der Waals surface area contributed by atoms with Gasteiger partial charge in [-0.25, -0.2) is 4.79 Å². The van der Waals surface area contributed by atoms with E-state index in [4.69, 9.17) is 10.5 Å². The summed E-state index contributed by atoms with van der Waals surface area (Å²) >= 11 is 1.94. The summed E-state index contributed by atoms with van der Waals surface area (Å²) in [6.45, 7) is 5.77. The molecule has 5 heteroatoms. The lowest BCUT2D eigenvalue weighted by Gasteiger charge is -2.39. The normalized spacial score (nSPS) is 28.4. The summed E-state index contributed by atoms with van der Waals surface area (Å²) in [5.41, 5.74) is 7.35. The van der Waals surface area contributed by atoms with Crippen molar-refractivity contribution in [2.75, 3.05) is 5.75 Å². The van der Waals surface area contributed by atoms with E-state index >= 15 is 0 Å². The Labute approximate surface area is 167 Å². The Bertz CT molecular complexity index is 681. The molecule has 1 aliphatic heterocycles. The molecule has 2 saturated carbocycles. The van der Waals surface area contributed by atoms with Crippen LogP contribution in [0.5, 0.6) is 0 Å². The van der Waals surface area contributed by atoms with Gasteiger partial charge >= 0.3 is 6.09 Å². The zero-order chi connectivity index (χ0) is 19.2. The zero-order valence-electron chi connectivity index (χ0n) is 16.7. The van der Waals surface area contributed by atoms with E-state index in [1.54, 1.807) is 0 Å². The molecule has 4 unspecified atom stereocenters. The predicted molar refractivity (Wildman–Crippen MR) is 110 cm³/mol. The van der Waals surface area contributed by atoms with Crippen molar-refractivity contribution in [2.45, 2.75) is 81.5 Å². The molecule has 0 aromatic heterocycles. The van der Waals surface area contributed by atoms with Crippen LogP contribution in [0.15, 0.2) is 29.2 Å². The molecule has 148 valence electrons. The fraction of sp³-hybridized carbons (Fsp3) is 0.682. The monoisotopic (exact) mass is 388 g/mol. The number of piperidine rings is 1. The molecule has 3 fully saturated rings. The number of carbonyl (C=O) groups excluding carboxylic acids is 1. The Kier molecular flexibility index (Phi) is 5.19. The van der Waals surface area contributed by atoms with Crippen molar-refractivity contribution in [2.24, 2.45) is 17.6 Å². The maximum atomic E-state index is 12.9. The van der Waals surface area contributed by atoms with Crippen molar-refractivity contribution in [1.82, 2.24) is 4.90 Å². The molecule has 2 N–H and O–H groups in total. The predicted octanol–water partition coefficient (Wildman–Crippen LogP) is 4.98. The first kappa shape index (κ1) is 19.1. The summed E-state index contributed by atoms with van der Waals surface area (Å²) in [6.07, 6.45) is 5.88. The third-order valence-electron chi connectivity index (χ3n) is 6.06. The van der Waals surface area contributed by atoms with Crippen molar-refractivity contribution >= 4 is 17.9 Å². The zero-order valence-corrected chi connectivity index (χ0v) is 17.5. The van der Waals surface area contributed by atoms with Gasteiger partial charge < -0.3 is 15.4 Å². The number of benzene rings is 1. The molecule has 4 atom stereocenters. The van der Waals surface area contributed by atoms with Crippen LogP contribution in [0.25, 0.3) is 0 Å². The highest BCUT2D eigenvalue weighted by atomic mass is 32.2. The smallest absolute Gasteiger partial charge is 0.410 e. The number of amides is 1. The second-order valence-electron chi connectivity index (χ2n) is 9.45. The van der Waals surface area contributed by atoms with Crippen LogP contribution in [0.4, 0.5) is 4.79 Å². The molecule has 4 rings (SSSR count). The highest BCUT2D eigenvalue weighted by Gasteiger charge is 2.51. The summed E-state index contributed by atoms with van der Waals surface area (Å²) in [4.78, 5) is 16.1. The summed E-state index contributed by atoms with van der Waals surface area (Å²) in [7, 11) is 0. The van der Waals surface area contributed by atoms with Crippen molar-refractivity contribution in [3.63, 3.8) is 0 Å². The number of hydrogen-bond donors (Lipinski definition) is 1. The molecule has 0 radical (unpaired) electrons. The second kappa shape index (κ2) is 7.32. The summed E-state index contributed by atoms with van der Waals surface area (Å²) in [6, 6.07) is 8.85. The number of hydrogen-bond acceptors (Lipinski definition) is 4. The Balaban J connectivity index is 1.47. The molecule has 0 spiro atoms. The lowest BCUT2D eigenvalue weighted by atomic mass is 9.89. The average molecular weight is 389 g/mol. The van der Waals surface area contributed by atoms with Crippen LogP contribution in [-0.4, -0.2) is 34.4 Å². The molecule has 27 heavy (non-hydrogen) atoms. The average Bonchev–Trinajstić information content (AvgIpc) is 3.22. The van der Waals surface area contributed by atoms with E-state index in [9.17, 15) is 4.79 Å². The third-order valence-corrected chi connectivity index (χ3v) is 7.31. The molecule has 1 amide bonds. The van der Waals surface area contributed by atoms with Crippen molar-refractivity contribution in [3.8, 4) is 0 Å². The molecule has 4 nitrogen and oxygen atoms in total. The van der Waals surface area contributed by atoms with Gasteiger partial charge in [0.15, 0.2) is 0 Å². The van der Waals surface area contributed by atoms with Gasteiger partial charge in [-0.3, -0.25) is 0 Å². The van der Waals surface area contributed by atoms with E-state index in [-0.39, 0.29) is 24.2 Å². The molecule has 3 aliphatic rings. The second-order valence-corrected chi connectivity index (χ2v) is 10.5. The van der Waals surface area contributed by atoms with Gasteiger partial charge in [0, 0.05) is 16.7 Å².